The van der Waals surface area contributed by atoms with Crippen molar-refractivity contribution in [3.63, 3.8) is 0 Å². The third-order valence-corrected chi connectivity index (χ3v) is 7.27. The third-order valence-electron chi connectivity index (χ3n) is 5.31. The fourth-order valence-corrected chi connectivity index (χ4v) is 5.83. The molecule has 0 amide bonds. The number of anilines is 2. The van der Waals surface area contributed by atoms with Crippen LogP contribution in [0.3, 0.4) is 0 Å². The number of rotatable bonds is 8. The van der Waals surface area contributed by atoms with Gasteiger partial charge in [-0.25, -0.2) is 4.79 Å². The van der Waals surface area contributed by atoms with E-state index in [9.17, 15) is 9.90 Å². The maximum atomic E-state index is 11.3. The number of thiophene rings is 2. The molecule has 3 heterocycles. The van der Waals surface area contributed by atoms with Crippen LogP contribution in [-0.2, 0) is 35.2 Å². The van der Waals surface area contributed by atoms with Crippen molar-refractivity contribution < 1.29 is 14.6 Å². The Bertz CT molecular complexity index is 918. The van der Waals surface area contributed by atoms with E-state index in [0.717, 1.165) is 31.4 Å². The van der Waals surface area contributed by atoms with E-state index in [0.29, 0.717) is 13.0 Å². The topological polar surface area (TPSA) is 49.8 Å². The van der Waals surface area contributed by atoms with Crippen molar-refractivity contribution >= 4 is 38.6 Å². The molecule has 4 rings (SSSR count). The van der Waals surface area contributed by atoms with E-state index in [1.807, 2.05) is 41.7 Å². The van der Waals surface area contributed by atoms with Crippen molar-refractivity contribution in [3.8, 4) is 0 Å². The molecule has 3 aromatic rings. The SMILES string of the molecule is CCOC(Cc1ccc(CCN2c3sccc3CCc3ccsc32)cc1)C(=O)O. The number of ether oxygens (including phenoxy) is 1. The highest BCUT2D eigenvalue weighted by Crippen LogP contribution is 2.42. The first-order chi connectivity index (χ1) is 14.2. The van der Waals surface area contributed by atoms with Gasteiger partial charge in [-0.2, -0.15) is 0 Å². The van der Waals surface area contributed by atoms with E-state index in [4.69, 9.17) is 4.74 Å². The summed E-state index contributed by atoms with van der Waals surface area (Å²) in [4.78, 5) is 13.8. The highest BCUT2D eigenvalue weighted by molar-refractivity contribution is 7.16. The quantitative estimate of drug-likeness (QED) is 0.528. The van der Waals surface area contributed by atoms with Crippen LogP contribution in [0.25, 0.3) is 0 Å². The lowest BCUT2D eigenvalue weighted by Crippen LogP contribution is -2.26. The lowest BCUT2D eigenvalue weighted by molar-refractivity contribution is -0.149. The second-order valence-electron chi connectivity index (χ2n) is 7.21. The monoisotopic (exact) mass is 427 g/mol. The summed E-state index contributed by atoms with van der Waals surface area (Å²) in [7, 11) is 0. The molecule has 29 heavy (non-hydrogen) atoms. The minimum Gasteiger partial charge on any atom is -0.479 e. The number of hydrogen-bond donors (Lipinski definition) is 1. The predicted octanol–water partition coefficient (Wildman–Crippen LogP) is 5.32. The largest absolute Gasteiger partial charge is 0.479 e. The Morgan fingerprint density at radius 3 is 2.17 bits per heavy atom. The number of carboxylic acid groups (broad SMARTS) is 1. The van der Waals surface area contributed by atoms with Gasteiger partial charge in [-0.05, 0) is 71.3 Å². The van der Waals surface area contributed by atoms with Gasteiger partial charge in [0.15, 0.2) is 6.10 Å². The first-order valence-corrected chi connectivity index (χ1v) is 11.7. The molecule has 0 aliphatic carbocycles. The van der Waals surface area contributed by atoms with Crippen molar-refractivity contribution in [1.29, 1.82) is 0 Å². The standard InChI is InChI=1S/C23H25NO3S2/c1-2-27-20(23(25)26)15-17-5-3-16(4-6-17)9-12-24-21-18(10-13-28-21)7-8-19-11-14-29-22(19)24/h3-6,10-11,13-14,20H,2,7-9,12,15H2,1H3,(H,25,26). The molecule has 1 unspecified atom stereocenters. The Morgan fingerprint density at radius 1 is 1.03 bits per heavy atom. The molecule has 6 heteroatoms. The second-order valence-corrected chi connectivity index (χ2v) is 9.00. The normalized spacial score (nSPS) is 14.2. The highest BCUT2D eigenvalue weighted by Gasteiger charge is 2.23. The van der Waals surface area contributed by atoms with Gasteiger partial charge in [0.2, 0.25) is 0 Å². The number of benzene rings is 1. The Kier molecular flexibility index (Phi) is 6.33. The van der Waals surface area contributed by atoms with Crippen molar-refractivity contribution in [3.05, 3.63) is 69.4 Å². The number of nitrogens with zero attached hydrogens (tertiary/aromatic N) is 1. The number of aliphatic carboxylic acids is 1. The highest BCUT2D eigenvalue weighted by atomic mass is 32.1. The molecule has 1 aromatic carbocycles. The molecule has 1 aliphatic heterocycles. The summed E-state index contributed by atoms with van der Waals surface area (Å²) in [5.74, 6) is -0.907. The molecule has 1 atom stereocenters. The average Bonchev–Trinajstić information content (AvgIpc) is 3.35. The molecule has 1 aliphatic rings. The van der Waals surface area contributed by atoms with Gasteiger partial charge in [0.05, 0.1) is 10.0 Å². The molecule has 4 nitrogen and oxygen atoms in total. The smallest absolute Gasteiger partial charge is 0.333 e. The van der Waals surface area contributed by atoms with Gasteiger partial charge in [-0.3, -0.25) is 0 Å². The molecule has 0 saturated heterocycles. The van der Waals surface area contributed by atoms with Gasteiger partial charge in [0.25, 0.3) is 0 Å². The van der Waals surface area contributed by atoms with Gasteiger partial charge in [0, 0.05) is 19.6 Å². The molecule has 0 fully saturated rings. The summed E-state index contributed by atoms with van der Waals surface area (Å²) < 4.78 is 5.32. The Morgan fingerprint density at radius 2 is 1.62 bits per heavy atom. The predicted molar refractivity (Wildman–Crippen MR) is 120 cm³/mol. The molecule has 0 bridgehead atoms. The summed E-state index contributed by atoms with van der Waals surface area (Å²) in [6.07, 6.45) is 2.78. The zero-order valence-corrected chi connectivity index (χ0v) is 18.1. The lowest BCUT2D eigenvalue weighted by Gasteiger charge is -2.23. The van der Waals surface area contributed by atoms with E-state index in [1.165, 1.54) is 26.7 Å². The first kappa shape index (κ1) is 20.1. The van der Waals surface area contributed by atoms with E-state index in [1.54, 1.807) is 0 Å². The lowest BCUT2D eigenvalue weighted by atomic mass is 10.0. The zero-order chi connectivity index (χ0) is 20.2. The van der Waals surface area contributed by atoms with Crippen LogP contribution in [0.1, 0.15) is 29.2 Å². The molecule has 0 radical (unpaired) electrons. The van der Waals surface area contributed by atoms with Crippen molar-refractivity contribution in [2.45, 2.75) is 38.7 Å². The Labute approximate surface area is 179 Å². The minimum atomic E-state index is -0.907. The molecular weight excluding hydrogens is 402 g/mol. The van der Waals surface area contributed by atoms with Crippen LogP contribution < -0.4 is 4.90 Å². The van der Waals surface area contributed by atoms with Crippen LogP contribution in [0.4, 0.5) is 10.0 Å². The maximum Gasteiger partial charge on any atom is 0.333 e. The van der Waals surface area contributed by atoms with Gasteiger partial charge in [-0.1, -0.05) is 24.3 Å². The van der Waals surface area contributed by atoms with Crippen molar-refractivity contribution in [2.24, 2.45) is 0 Å². The van der Waals surface area contributed by atoms with Crippen LogP contribution in [-0.4, -0.2) is 30.3 Å². The van der Waals surface area contributed by atoms with Gasteiger partial charge in [-0.15, -0.1) is 22.7 Å². The summed E-state index contributed by atoms with van der Waals surface area (Å²) in [6, 6.07) is 12.8. The van der Waals surface area contributed by atoms with Crippen LogP contribution in [0, 0.1) is 0 Å². The second kappa shape index (κ2) is 9.11. The molecular formula is C23H25NO3S2. The van der Waals surface area contributed by atoms with E-state index in [-0.39, 0.29) is 0 Å². The van der Waals surface area contributed by atoms with Crippen molar-refractivity contribution in [1.82, 2.24) is 0 Å². The van der Waals surface area contributed by atoms with Gasteiger partial charge in [0.1, 0.15) is 0 Å². The molecule has 1 N–H and O–H groups in total. The molecule has 0 spiro atoms. The minimum absolute atomic E-state index is 0.396. The van der Waals surface area contributed by atoms with Crippen molar-refractivity contribution in [2.75, 3.05) is 18.1 Å². The average molecular weight is 428 g/mol. The molecule has 0 saturated carbocycles. The zero-order valence-electron chi connectivity index (χ0n) is 16.5. The van der Waals surface area contributed by atoms with Crippen LogP contribution in [0.15, 0.2) is 47.2 Å². The first-order valence-electron chi connectivity index (χ1n) is 9.98. The van der Waals surface area contributed by atoms with Crippen LogP contribution in [0.5, 0.6) is 0 Å². The van der Waals surface area contributed by atoms with Gasteiger partial charge < -0.3 is 14.7 Å². The fraction of sp³-hybridized carbons (Fsp3) is 0.348. The van der Waals surface area contributed by atoms with Crippen LogP contribution >= 0.6 is 22.7 Å². The Hall–Kier alpha value is -2.15. The number of hydrogen-bond acceptors (Lipinski definition) is 5. The van der Waals surface area contributed by atoms with E-state index >= 15 is 0 Å². The van der Waals surface area contributed by atoms with E-state index in [2.05, 4.69) is 39.9 Å². The fourth-order valence-electron chi connectivity index (χ4n) is 3.79. The number of carboxylic acids is 1. The maximum absolute atomic E-state index is 11.3. The number of fused-ring (bicyclic) bond motifs is 2. The summed E-state index contributed by atoms with van der Waals surface area (Å²) in [5.41, 5.74) is 5.15. The summed E-state index contributed by atoms with van der Waals surface area (Å²) in [6.45, 7) is 3.16. The molecule has 152 valence electrons. The van der Waals surface area contributed by atoms with Crippen LogP contribution in [0.2, 0.25) is 0 Å². The molecule has 2 aromatic heterocycles. The van der Waals surface area contributed by atoms with Gasteiger partial charge >= 0.3 is 5.97 Å². The Balaban J connectivity index is 1.45. The summed E-state index contributed by atoms with van der Waals surface area (Å²) >= 11 is 3.66. The van der Waals surface area contributed by atoms with E-state index < -0.39 is 12.1 Å². The number of aryl methyl sites for hydroxylation is 2. The number of carbonyl (C=O) groups is 1. The summed E-state index contributed by atoms with van der Waals surface area (Å²) in [5, 5.41) is 16.4. The third kappa shape index (κ3) is 4.55.